The highest BCUT2D eigenvalue weighted by atomic mass is 16.5. The van der Waals surface area contributed by atoms with Gasteiger partial charge in [-0.2, -0.15) is 0 Å². The van der Waals surface area contributed by atoms with E-state index in [0.29, 0.717) is 24.5 Å². The summed E-state index contributed by atoms with van der Waals surface area (Å²) in [5.41, 5.74) is 3.17. The van der Waals surface area contributed by atoms with Crippen LogP contribution >= 0.6 is 0 Å². The number of benzene rings is 2. The predicted molar refractivity (Wildman–Crippen MR) is 102 cm³/mol. The maximum absolute atomic E-state index is 13.0. The fraction of sp³-hybridized carbons (Fsp3) is 0.190. The van der Waals surface area contributed by atoms with E-state index in [-0.39, 0.29) is 5.91 Å². The molecule has 1 aliphatic rings. The van der Waals surface area contributed by atoms with Gasteiger partial charge in [0.1, 0.15) is 5.76 Å². The summed E-state index contributed by atoms with van der Waals surface area (Å²) < 4.78 is 10.9. The van der Waals surface area contributed by atoms with Gasteiger partial charge in [-0.25, -0.2) is 0 Å². The van der Waals surface area contributed by atoms with E-state index in [4.69, 9.17) is 9.15 Å². The summed E-state index contributed by atoms with van der Waals surface area (Å²) in [6, 6.07) is 19.0. The second-order valence-electron chi connectivity index (χ2n) is 6.09. The molecule has 1 amide bonds. The van der Waals surface area contributed by atoms with Crippen LogP contribution < -0.4 is 10.2 Å². The number of anilines is 2. The molecule has 0 bridgehead atoms. The number of morpholine rings is 1. The van der Waals surface area contributed by atoms with Gasteiger partial charge in [0.25, 0.3) is 5.91 Å². The second kappa shape index (κ2) is 7.45. The molecule has 2 aromatic carbocycles. The Labute approximate surface area is 152 Å². The van der Waals surface area contributed by atoms with Crippen molar-refractivity contribution in [3.8, 4) is 11.3 Å². The van der Waals surface area contributed by atoms with Crippen molar-refractivity contribution in [1.29, 1.82) is 0 Å². The molecule has 2 heterocycles. The summed E-state index contributed by atoms with van der Waals surface area (Å²) in [5.74, 6) is 0.523. The maximum Gasteiger partial charge on any atom is 0.256 e. The van der Waals surface area contributed by atoms with Crippen molar-refractivity contribution in [3.63, 3.8) is 0 Å². The number of hydrogen-bond acceptors (Lipinski definition) is 4. The molecular formula is C21H20N2O3. The van der Waals surface area contributed by atoms with Crippen LogP contribution in [0.15, 0.2) is 71.3 Å². The standard InChI is InChI=1S/C21H20N2O3/c24-21(17-7-2-1-6-16(17)20-10-5-13-26-20)22-18-8-3-4-9-19(18)23-11-14-25-15-12-23/h1-10,13H,11-12,14-15H2,(H,22,24). The average molecular weight is 348 g/mol. The molecule has 5 nitrogen and oxygen atoms in total. The summed E-state index contributed by atoms with van der Waals surface area (Å²) in [6.45, 7) is 3.03. The Hall–Kier alpha value is -3.05. The van der Waals surface area contributed by atoms with Crippen molar-refractivity contribution >= 4 is 17.3 Å². The van der Waals surface area contributed by atoms with Crippen molar-refractivity contribution in [2.24, 2.45) is 0 Å². The highest BCUT2D eigenvalue weighted by molar-refractivity contribution is 6.09. The Balaban J connectivity index is 1.62. The van der Waals surface area contributed by atoms with E-state index >= 15 is 0 Å². The van der Waals surface area contributed by atoms with Crippen molar-refractivity contribution < 1.29 is 13.9 Å². The number of nitrogens with zero attached hydrogens (tertiary/aromatic N) is 1. The van der Waals surface area contributed by atoms with E-state index in [9.17, 15) is 4.79 Å². The lowest BCUT2D eigenvalue weighted by Crippen LogP contribution is -2.36. The van der Waals surface area contributed by atoms with Gasteiger partial charge in [-0.05, 0) is 30.3 Å². The smallest absolute Gasteiger partial charge is 0.256 e. The van der Waals surface area contributed by atoms with Crippen molar-refractivity contribution in [2.45, 2.75) is 0 Å². The van der Waals surface area contributed by atoms with Crippen LogP contribution in [0, 0.1) is 0 Å². The molecule has 0 aliphatic carbocycles. The quantitative estimate of drug-likeness (QED) is 0.773. The van der Waals surface area contributed by atoms with Gasteiger partial charge in [0.2, 0.25) is 0 Å². The first-order chi connectivity index (χ1) is 12.8. The SMILES string of the molecule is O=C(Nc1ccccc1N1CCOCC1)c1ccccc1-c1ccco1. The minimum Gasteiger partial charge on any atom is -0.464 e. The first kappa shape index (κ1) is 16.4. The maximum atomic E-state index is 13.0. The lowest BCUT2D eigenvalue weighted by molar-refractivity contribution is 0.102. The van der Waals surface area contributed by atoms with E-state index in [1.807, 2.05) is 60.7 Å². The third-order valence-electron chi connectivity index (χ3n) is 4.46. The number of furan rings is 1. The van der Waals surface area contributed by atoms with Crippen LogP contribution in [0.25, 0.3) is 11.3 Å². The largest absolute Gasteiger partial charge is 0.464 e. The molecular weight excluding hydrogens is 328 g/mol. The van der Waals surface area contributed by atoms with E-state index < -0.39 is 0 Å². The molecule has 1 aromatic heterocycles. The summed E-state index contributed by atoms with van der Waals surface area (Å²) in [4.78, 5) is 15.2. The first-order valence-corrected chi connectivity index (χ1v) is 8.69. The fourth-order valence-electron chi connectivity index (χ4n) is 3.18. The van der Waals surface area contributed by atoms with Crippen LogP contribution in [0.4, 0.5) is 11.4 Å². The lowest BCUT2D eigenvalue weighted by atomic mass is 10.0. The van der Waals surface area contributed by atoms with Gasteiger partial charge in [0.15, 0.2) is 0 Å². The Morgan fingerprint density at radius 1 is 0.923 bits per heavy atom. The van der Waals surface area contributed by atoms with Gasteiger partial charge in [0.05, 0.1) is 36.4 Å². The number of rotatable bonds is 4. The lowest BCUT2D eigenvalue weighted by Gasteiger charge is -2.30. The van der Waals surface area contributed by atoms with Crippen LogP contribution in [0.2, 0.25) is 0 Å². The molecule has 4 rings (SSSR count). The molecule has 26 heavy (non-hydrogen) atoms. The van der Waals surface area contributed by atoms with Crippen LogP contribution in [-0.2, 0) is 4.74 Å². The highest BCUT2D eigenvalue weighted by Crippen LogP contribution is 2.29. The van der Waals surface area contributed by atoms with Crippen molar-refractivity contribution in [3.05, 3.63) is 72.5 Å². The number of ether oxygens (including phenoxy) is 1. The molecule has 5 heteroatoms. The van der Waals surface area contributed by atoms with Crippen molar-refractivity contribution in [2.75, 3.05) is 36.5 Å². The number of carbonyl (C=O) groups excluding carboxylic acids is 1. The van der Waals surface area contributed by atoms with E-state index in [1.165, 1.54) is 0 Å². The van der Waals surface area contributed by atoms with Crippen LogP contribution in [0.5, 0.6) is 0 Å². The van der Waals surface area contributed by atoms with Gasteiger partial charge in [-0.1, -0.05) is 30.3 Å². The molecule has 132 valence electrons. The van der Waals surface area contributed by atoms with Crippen LogP contribution in [0.3, 0.4) is 0 Å². The van der Waals surface area contributed by atoms with Gasteiger partial charge >= 0.3 is 0 Å². The normalized spacial score (nSPS) is 14.2. The van der Waals surface area contributed by atoms with E-state index in [1.54, 1.807) is 6.26 Å². The van der Waals surface area contributed by atoms with E-state index in [0.717, 1.165) is 30.0 Å². The minimum absolute atomic E-state index is 0.155. The summed E-state index contributed by atoms with van der Waals surface area (Å²) in [5, 5.41) is 3.06. The third kappa shape index (κ3) is 3.34. The molecule has 0 spiro atoms. The molecule has 1 fully saturated rings. The summed E-state index contributed by atoms with van der Waals surface area (Å²) >= 11 is 0. The summed E-state index contributed by atoms with van der Waals surface area (Å²) in [7, 11) is 0. The molecule has 0 atom stereocenters. The topological polar surface area (TPSA) is 54.7 Å². The van der Waals surface area contributed by atoms with Gasteiger partial charge in [0, 0.05) is 18.7 Å². The number of nitrogens with one attached hydrogen (secondary N) is 1. The zero-order chi connectivity index (χ0) is 17.8. The number of para-hydroxylation sites is 2. The molecule has 1 aliphatic heterocycles. The zero-order valence-corrected chi connectivity index (χ0v) is 14.4. The third-order valence-corrected chi connectivity index (χ3v) is 4.46. The second-order valence-corrected chi connectivity index (χ2v) is 6.09. The minimum atomic E-state index is -0.155. The Kier molecular flexibility index (Phi) is 4.71. The van der Waals surface area contributed by atoms with Crippen molar-refractivity contribution in [1.82, 2.24) is 0 Å². The number of carbonyl (C=O) groups is 1. The van der Waals surface area contributed by atoms with Crippen LogP contribution in [-0.4, -0.2) is 32.2 Å². The number of hydrogen-bond donors (Lipinski definition) is 1. The molecule has 0 radical (unpaired) electrons. The Morgan fingerprint density at radius 2 is 1.69 bits per heavy atom. The first-order valence-electron chi connectivity index (χ1n) is 8.69. The highest BCUT2D eigenvalue weighted by Gasteiger charge is 2.18. The fourth-order valence-corrected chi connectivity index (χ4v) is 3.18. The monoisotopic (exact) mass is 348 g/mol. The van der Waals surface area contributed by atoms with Gasteiger partial charge in [-0.3, -0.25) is 4.79 Å². The molecule has 0 unspecified atom stereocenters. The Morgan fingerprint density at radius 3 is 2.50 bits per heavy atom. The van der Waals surface area contributed by atoms with Crippen LogP contribution in [0.1, 0.15) is 10.4 Å². The number of amides is 1. The Bertz CT molecular complexity index is 884. The van der Waals surface area contributed by atoms with Gasteiger partial charge in [-0.15, -0.1) is 0 Å². The molecule has 0 saturated carbocycles. The molecule has 1 N–H and O–H groups in total. The van der Waals surface area contributed by atoms with E-state index in [2.05, 4.69) is 10.2 Å². The van der Waals surface area contributed by atoms with Gasteiger partial charge < -0.3 is 19.4 Å². The molecule has 1 saturated heterocycles. The summed E-state index contributed by atoms with van der Waals surface area (Å²) in [6.07, 6.45) is 1.61. The predicted octanol–water partition coefficient (Wildman–Crippen LogP) is 4.04. The average Bonchev–Trinajstić information content (AvgIpc) is 3.24. The zero-order valence-electron chi connectivity index (χ0n) is 14.4. The molecule has 3 aromatic rings.